The number of carboxylic acid groups (broad SMARTS) is 2. The van der Waals surface area contributed by atoms with Crippen LogP contribution in [0, 0.1) is 5.92 Å². The molecule has 6 nitrogen and oxygen atoms in total. The molecule has 1 rings (SSSR count). The topological polar surface area (TPSA) is 110 Å². The van der Waals surface area contributed by atoms with E-state index < -0.39 is 23.9 Å². The van der Waals surface area contributed by atoms with Crippen molar-refractivity contribution in [3.05, 3.63) is 29.8 Å². The van der Waals surface area contributed by atoms with Crippen LogP contribution in [0.15, 0.2) is 24.3 Å². The number of carbonyl (C=O) groups is 2. The van der Waals surface area contributed by atoms with E-state index in [1.807, 2.05) is 0 Å². The van der Waals surface area contributed by atoms with E-state index in [2.05, 4.69) is 0 Å². The molecule has 6 heteroatoms. The van der Waals surface area contributed by atoms with Gasteiger partial charge in [-0.2, -0.15) is 0 Å². The Bertz CT molecular complexity index is 460. The predicted octanol–water partition coefficient (Wildman–Crippen LogP) is 0.740. The van der Waals surface area contributed by atoms with Gasteiger partial charge in [-0.25, -0.2) is 0 Å². The van der Waals surface area contributed by atoms with E-state index in [0.717, 1.165) is 5.56 Å². The Balaban J connectivity index is 2.78. The van der Waals surface area contributed by atoms with E-state index in [-0.39, 0.29) is 12.8 Å². The van der Waals surface area contributed by atoms with Gasteiger partial charge in [0.25, 0.3) is 0 Å². The maximum atomic E-state index is 11.1. The van der Waals surface area contributed by atoms with Crippen LogP contribution in [0.2, 0.25) is 0 Å². The van der Waals surface area contributed by atoms with Gasteiger partial charge in [0.05, 0.1) is 13.0 Å². The SMILES string of the molecule is COc1cccc(C[C@@H](C[C@H](N)C(=O)O)C(=O)O)c1. The van der Waals surface area contributed by atoms with Crippen LogP contribution < -0.4 is 10.5 Å². The van der Waals surface area contributed by atoms with Crippen molar-refractivity contribution in [2.24, 2.45) is 11.7 Å². The highest BCUT2D eigenvalue weighted by Crippen LogP contribution is 2.18. The summed E-state index contributed by atoms with van der Waals surface area (Å²) in [6.07, 6.45) is 0.107. The summed E-state index contributed by atoms with van der Waals surface area (Å²) in [5.41, 5.74) is 6.15. The molecular weight excluding hydrogens is 250 g/mol. The summed E-state index contributed by atoms with van der Waals surface area (Å²) >= 11 is 0. The van der Waals surface area contributed by atoms with Gasteiger partial charge in [-0.3, -0.25) is 9.59 Å². The van der Waals surface area contributed by atoms with Gasteiger partial charge in [0.1, 0.15) is 11.8 Å². The average Bonchev–Trinajstić information content (AvgIpc) is 2.37. The lowest BCUT2D eigenvalue weighted by Crippen LogP contribution is -2.35. The summed E-state index contributed by atoms with van der Waals surface area (Å²) in [4.78, 5) is 21.8. The summed E-state index contributed by atoms with van der Waals surface area (Å²) in [5.74, 6) is -2.46. The molecule has 0 unspecified atom stereocenters. The lowest BCUT2D eigenvalue weighted by Gasteiger charge is -2.15. The molecule has 0 aliphatic carbocycles. The highest BCUT2D eigenvalue weighted by Gasteiger charge is 2.24. The number of rotatable bonds is 7. The Labute approximate surface area is 110 Å². The van der Waals surface area contributed by atoms with Crippen LogP contribution in [0.4, 0.5) is 0 Å². The summed E-state index contributed by atoms with van der Waals surface area (Å²) in [6.45, 7) is 0. The molecule has 0 aromatic heterocycles. The number of benzene rings is 1. The van der Waals surface area contributed by atoms with Crippen molar-refractivity contribution in [2.45, 2.75) is 18.9 Å². The van der Waals surface area contributed by atoms with E-state index in [1.165, 1.54) is 7.11 Å². The Morgan fingerprint density at radius 2 is 2.00 bits per heavy atom. The molecule has 0 heterocycles. The minimum Gasteiger partial charge on any atom is -0.497 e. The summed E-state index contributed by atoms with van der Waals surface area (Å²) in [7, 11) is 1.52. The zero-order valence-electron chi connectivity index (χ0n) is 10.6. The first-order chi connectivity index (χ1) is 8.93. The van der Waals surface area contributed by atoms with Gasteiger partial charge in [-0.1, -0.05) is 12.1 Å². The molecule has 104 valence electrons. The van der Waals surface area contributed by atoms with Gasteiger partial charge in [-0.05, 0) is 30.5 Å². The molecule has 19 heavy (non-hydrogen) atoms. The highest BCUT2D eigenvalue weighted by molar-refractivity contribution is 5.76. The number of aliphatic carboxylic acids is 2. The fourth-order valence-corrected chi connectivity index (χ4v) is 1.76. The number of nitrogens with two attached hydrogens (primary N) is 1. The normalized spacial score (nSPS) is 13.6. The smallest absolute Gasteiger partial charge is 0.320 e. The maximum Gasteiger partial charge on any atom is 0.320 e. The number of carboxylic acids is 2. The largest absolute Gasteiger partial charge is 0.497 e. The highest BCUT2D eigenvalue weighted by atomic mass is 16.5. The van der Waals surface area contributed by atoms with Crippen LogP contribution in [0.25, 0.3) is 0 Å². The van der Waals surface area contributed by atoms with Crippen LogP contribution in [0.1, 0.15) is 12.0 Å². The molecule has 0 radical (unpaired) electrons. The van der Waals surface area contributed by atoms with E-state index in [1.54, 1.807) is 24.3 Å². The predicted molar refractivity (Wildman–Crippen MR) is 68.1 cm³/mol. The maximum absolute atomic E-state index is 11.1. The van der Waals surface area contributed by atoms with E-state index in [0.29, 0.717) is 5.75 Å². The molecule has 0 fully saturated rings. The molecule has 0 aliphatic heterocycles. The van der Waals surface area contributed by atoms with Crippen molar-refractivity contribution in [3.63, 3.8) is 0 Å². The number of hydrogen-bond donors (Lipinski definition) is 3. The average molecular weight is 267 g/mol. The van der Waals surface area contributed by atoms with Gasteiger partial charge >= 0.3 is 11.9 Å². The van der Waals surface area contributed by atoms with Gasteiger partial charge in [0.2, 0.25) is 0 Å². The summed E-state index contributed by atoms with van der Waals surface area (Å²) in [6, 6.07) is 5.83. The van der Waals surface area contributed by atoms with Crippen molar-refractivity contribution < 1.29 is 24.5 Å². The van der Waals surface area contributed by atoms with Crippen LogP contribution >= 0.6 is 0 Å². The van der Waals surface area contributed by atoms with Crippen LogP contribution in [-0.2, 0) is 16.0 Å². The molecule has 1 aromatic carbocycles. The third-order valence-electron chi connectivity index (χ3n) is 2.82. The minimum absolute atomic E-state index is 0.109. The fraction of sp³-hybridized carbons (Fsp3) is 0.385. The van der Waals surface area contributed by atoms with E-state index in [4.69, 9.17) is 20.7 Å². The van der Waals surface area contributed by atoms with Crippen molar-refractivity contribution in [2.75, 3.05) is 7.11 Å². The Hall–Kier alpha value is -2.08. The van der Waals surface area contributed by atoms with Crippen LogP contribution in [0.3, 0.4) is 0 Å². The van der Waals surface area contributed by atoms with Crippen molar-refractivity contribution >= 4 is 11.9 Å². The minimum atomic E-state index is -1.20. The zero-order chi connectivity index (χ0) is 14.4. The lowest BCUT2D eigenvalue weighted by molar-refractivity contribution is -0.143. The molecule has 0 aliphatic rings. The number of ether oxygens (including phenoxy) is 1. The molecule has 2 atom stereocenters. The molecule has 0 spiro atoms. The van der Waals surface area contributed by atoms with Gasteiger partial charge < -0.3 is 20.7 Å². The molecular formula is C13H17NO5. The van der Waals surface area contributed by atoms with Crippen molar-refractivity contribution in [1.82, 2.24) is 0 Å². The monoisotopic (exact) mass is 267 g/mol. The van der Waals surface area contributed by atoms with Gasteiger partial charge in [0.15, 0.2) is 0 Å². The third kappa shape index (κ3) is 4.59. The van der Waals surface area contributed by atoms with Gasteiger partial charge in [0, 0.05) is 0 Å². The van der Waals surface area contributed by atoms with E-state index in [9.17, 15) is 9.59 Å². The number of hydrogen-bond acceptors (Lipinski definition) is 4. The van der Waals surface area contributed by atoms with Crippen molar-refractivity contribution in [1.29, 1.82) is 0 Å². The first-order valence-corrected chi connectivity index (χ1v) is 5.78. The standard InChI is InChI=1S/C13H17NO5/c1-19-10-4-2-3-8(6-10)5-9(12(15)16)7-11(14)13(17)18/h2-4,6,9,11H,5,7,14H2,1H3,(H,15,16)(H,17,18)/t9-,11-/m0/s1. The van der Waals surface area contributed by atoms with Gasteiger partial charge in [-0.15, -0.1) is 0 Å². The molecule has 0 saturated heterocycles. The molecule has 4 N–H and O–H groups in total. The second-order valence-electron chi connectivity index (χ2n) is 4.27. The molecule has 0 amide bonds. The lowest BCUT2D eigenvalue weighted by atomic mass is 9.93. The first kappa shape index (κ1) is 15.0. The second-order valence-corrected chi connectivity index (χ2v) is 4.27. The Kier molecular flexibility index (Phi) is 5.32. The van der Waals surface area contributed by atoms with Crippen LogP contribution in [0.5, 0.6) is 5.75 Å². The quantitative estimate of drug-likeness (QED) is 0.672. The van der Waals surface area contributed by atoms with E-state index >= 15 is 0 Å². The first-order valence-electron chi connectivity index (χ1n) is 5.78. The summed E-state index contributed by atoms with van der Waals surface area (Å²) < 4.78 is 5.05. The molecule has 0 bridgehead atoms. The fourth-order valence-electron chi connectivity index (χ4n) is 1.76. The summed E-state index contributed by atoms with van der Waals surface area (Å²) in [5, 5.41) is 17.8. The molecule has 0 saturated carbocycles. The van der Waals surface area contributed by atoms with Crippen molar-refractivity contribution in [3.8, 4) is 5.75 Å². The molecule has 1 aromatic rings. The second kappa shape index (κ2) is 6.75. The third-order valence-corrected chi connectivity index (χ3v) is 2.82. The zero-order valence-corrected chi connectivity index (χ0v) is 10.6. The van der Waals surface area contributed by atoms with Crippen LogP contribution in [-0.4, -0.2) is 35.3 Å². The Morgan fingerprint density at radius 3 is 2.53 bits per heavy atom. The number of methoxy groups -OCH3 is 1. The Morgan fingerprint density at radius 1 is 1.32 bits per heavy atom.